The van der Waals surface area contributed by atoms with Gasteiger partial charge in [-0.3, -0.25) is 14.5 Å². The number of halogens is 2. The number of anilines is 1. The summed E-state index contributed by atoms with van der Waals surface area (Å²) in [6, 6.07) is 5.30. The number of ketones is 1. The quantitative estimate of drug-likeness (QED) is 0.888. The third kappa shape index (κ3) is 2.84. The molecule has 3 rings (SSSR count). The van der Waals surface area contributed by atoms with Crippen molar-refractivity contribution < 1.29 is 23.5 Å². The van der Waals surface area contributed by atoms with Gasteiger partial charge in [0.25, 0.3) is 5.91 Å². The second-order valence-electron chi connectivity index (χ2n) is 5.97. The summed E-state index contributed by atoms with van der Waals surface area (Å²) in [7, 11) is 0. The fourth-order valence-electron chi connectivity index (χ4n) is 2.81. The van der Waals surface area contributed by atoms with Crippen LogP contribution in [0, 0.1) is 17.6 Å². The Morgan fingerprint density at radius 3 is 2.56 bits per heavy atom. The van der Waals surface area contributed by atoms with Crippen LogP contribution >= 0.6 is 11.3 Å². The van der Waals surface area contributed by atoms with Gasteiger partial charge in [0, 0.05) is 16.9 Å². The van der Waals surface area contributed by atoms with Gasteiger partial charge in [-0.1, -0.05) is 19.9 Å². The average Bonchev–Trinajstić information content (AvgIpc) is 3.15. The Hall–Kier alpha value is -2.54. The van der Waals surface area contributed by atoms with E-state index in [0.717, 1.165) is 17.0 Å². The van der Waals surface area contributed by atoms with Gasteiger partial charge in [-0.25, -0.2) is 8.78 Å². The fraction of sp³-hybridized carbons (Fsp3) is 0.222. The van der Waals surface area contributed by atoms with E-state index in [9.17, 15) is 23.5 Å². The molecule has 0 fully saturated rings. The SMILES string of the molecule is CC(C)C(=O)C1=C(O)C(=O)N(c2ccc(F)cc2F)C1c1cccs1. The van der Waals surface area contributed by atoms with Crippen molar-refractivity contribution in [2.24, 2.45) is 5.92 Å². The maximum absolute atomic E-state index is 14.3. The Kier molecular flexibility index (Phi) is 4.43. The molecule has 25 heavy (non-hydrogen) atoms. The number of nitrogens with zero attached hydrogens (tertiary/aromatic N) is 1. The molecule has 1 unspecified atom stereocenters. The monoisotopic (exact) mass is 363 g/mol. The van der Waals surface area contributed by atoms with E-state index in [1.165, 1.54) is 11.3 Å². The van der Waals surface area contributed by atoms with Gasteiger partial charge in [-0.15, -0.1) is 11.3 Å². The van der Waals surface area contributed by atoms with Crippen molar-refractivity contribution in [2.45, 2.75) is 19.9 Å². The molecule has 1 aromatic heterocycles. The topological polar surface area (TPSA) is 57.6 Å². The maximum atomic E-state index is 14.3. The number of thiophene rings is 1. The molecule has 1 aromatic carbocycles. The summed E-state index contributed by atoms with van der Waals surface area (Å²) in [5, 5.41) is 12.1. The summed E-state index contributed by atoms with van der Waals surface area (Å²) in [4.78, 5) is 26.8. The minimum Gasteiger partial charge on any atom is -0.503 e. The Labute approximate surface area is 147 Å². The van der Waals surface area contributed by atoms with Crippen molar-refractivity contribution in [2.75, 3.05) is 4.90 Å². The van der Waals surface area contributed by atoms with Gasteiger partial charge in [-0.2, -0.15) is 0 Å². The van der Waals surface area contributed by atoms with E-state index in [1.54, 1.807) is 31.4 Å². The van der Waals surface area contributed by atoms with Crippen molar-refractivity contribution in [3.8, 4) is 0 Å². The second-order valence-corrected chi connectivity index (χ2v) is 6.95. The van der Waals surface area contributed by atoms with Crippen molar-refractivity contribution in [1.82, 2.24) is 0 Å². The van der Waals surface area contributed by atoms with Gasteiger partial charge >= 0.3 is 0 Å². The molecule has 1 aliphatic rings. The van der Waals surface area contributed by atoms with E-state index >= 15 is 0 Å². The van der Waals surface area contributed by atoms with E-state index < -0.39 is 41.0 Å². The zero-order valence-electron chi connectivity index (χ0n) is 13.5. The summed E-state index contributed by atoms with van der Waals surface area (Å²) < 4.78 is 27.5. The molecule has 0 saturated heterocycles. The zero-order valence-corrected chi connectivity index (χ0v) is 14.3. The van der Waals surface area contributed by atoms with E-state index in [-0.39, 0.29) is 11.3 Å². The largest absolute Gasteiger partial charge is 0.503 e. The molecule has 130 valence electrons. The smallest absolute Gasteiger partial charge is 0.294 e. The first kappa shape index (κ1) is 17.3. The standard InChI is InChI=1S/C18H15F2NO3S/c1-9(2)16(22)14-15(13-4-3-7-25-13)21(18(24)17(14)23)12-6-5-10(19)8-11(12)20/h3-9,15,23H,1-2H3. The minimum absolute atomic E-state index is 0.0637. The summed E-state index contributed by atoms with van der Waals surface area (Å²) in [5.74, 6) is -4.15. The number of hydrogen-bond donors (Lipinski definition) is 1. The van der Waals surface area contributed by atoms with Crippen LogP contribution in [0.1, 0.15) is 24.8 Å². The molecule has 1 N–H and O–H groups in total. The first-order valence-corrected chi connectivity index (χ1v) is 8.50. The van der Waals surface area contributed by atoms with Crippen LogP contribution in [-0.2, 0) is 9.59 Å². The van der Waals surface area contributed by atoms with E-state index in [1.807, 2.05) is 0 Å². The van der Waals surface area contributed by atoms with Crippen LogP contribution in [0.4, 0.5) is 14.5 Å². The molecule has 1 amide bonds. The van der Waals surface area contributed by atoms with Gasteiger partial charge in [0.15, 0.2) is 11.5 Å². The highest BCUT2D eigenvalue weighted by Crippen LogP contribution is 2.43. The van der Waals surface area contributed by atoms with Crippen LogP contribution in [0.5, 0.6) is 0 Å². The molecule has 7 heteroatoms. The molecule has 0 radical (unpaired) electrons. The molecule has 0 saturated carbocycles. The van der Waals surface area contributed by atoms with Gasteiger partial charge in [-0.05, 0) is 23.6 Å². The lowest BCUT2D eigenvalue weighted by atomic mass is 9.94. The van der Waals surface area contributed by atoms with Gasteiger partial charge in [0.2, 0.25) is 0 Å². The van der Waals surface area contributed by atoms with Crippen molar-refractivity contribution >= 4 is 28.7 Å². The third-order valence-corrected chi connectivity index (χ3v) is 4.90. The number of rotatable bonds is 4. The van der Waals surface area contributed by atoms with E-state index in [0.29, 0.717) is 10.9 Å². The lowest BCUT2D eigenvalue weighted by molar-refractivity contribution is -0.119. The summed E-state index contributed by atoms with van der Waals surface area (Å²) in [5.41, 5.74) is -0.255. The molecule has 1 atom stereocenters. The highest BCUT2D eigenvalue weighted by Gasteiger charge is 2.46. The van der Waals surface area contributed by atoms with Crippen LogP contribution in [0.25, 0.3) is 0 Å². The molecule has 0 spiro atoms. The molecule has 0 aliphatic carbocycles. The highest BCUT2D eigenvalue weighted by atomic mass is 32.1. The molecule has 0 bridgehead atoms. The Morgan fingerprint density at radius 1 is 1.28 bits per heavy atom. The van der Waals surface area contributed by atoms with Crippen LogP contribution in [-0.4, -0.2) is 16.8 Å². The predicted octanol–water partition coefficient (Wildman–Crippen LogP) is 4.15. The lowest BCUT2D eigenvalue weighted by Gasteiger charge is -2.26. The number of Topliss-reactive ketones (excluding diaryl/α,β-unsaturated/α-hetero) is 1. The number of carbonyl (C=O) groups is 2. The molecular weight excluding hydrogens is 348 g/mol. The highest BCUT2D eigenvalue weighted by molar-refractivity contribution is 7.10. The van der Waals surface area contributed by atoms with Crippen molar-refractivity contribution in [3.05, 3.63) is 63.6 Å². The molecule has 4 nitrogen and oxygen atoms in total. The number of benzene rings is 1. The van der Waals surface area contributed by atoms with Crippen molar-refractivity contribution in [3.63, 3.8) is 0 Å². The number of aliphatic hydroxyl groups excluding tert-OH is 1. The maximum Gasteiger partial charge on any atom is 0.294 e. The summed E-state index contributed by atoms with van der Waals surface area (Å²) in [6.07, 6.45) is 0. The van der Waals surface area contributed by atoms with Gasteiger partial charge in [0.1, 0.15) is 17.7 Å². The predicted molar refractivity (Wildman–Crippen MR) is 90.4 cm³/mol. The number of hydrogen-bond acceptors (Lipinski definition) is 4. The third-order valence-electron chi connectivity index (χ3n) is 3.98. The van der Waals surface area contributed by atoms with E-state index in [2.05, 4.69) is 0 Å². The van der Waals surface area contributed by atoms with Crippen LogP contribution in [0.3, 0.4) is 0 Å². The first-order chi connectivity index (χ1) is 11.8. The first-order valence-electron chi connectivity index (χ1n) is 7.62. The number of aliphatic hydroxyl groups is 1. The second kappa shape index (κ2) is 6.40. The Balaban J connectivity index is 2.19. The van der Waals surface area contributed by atoms with Gasteiger partial charge < -0.3 is 5.11 Å². The van der Waals surface area contributed by atoms with Crippen molar-refractivity contribution in [1.29, 1.82) is 0 Å². The van der Waals surface area contributed by atoms with Gasteiger partial charge in [0.05, 0.1) is 11.3 Å². The Bertz CT molecular complexity index is 874. The summed E-state index contributed by atoms with van der Waals surface area (Å²) >= 11 is 1.28. The summed E-state index contributed by atoms with van der Waals surface area (Å²) in [6.45, 7) is 3.30. The van der Waals surface area contributed by atoms with Crippen LogP contribution < -0.4 is 4.90 Å². The molecular formula is C18H15F2NO3S. The molecule has 2 aromatic rings. The van der Waals surface area contributed by atoms with Crippen LogP contribution in [0.15, 0.2) is 47.0 Å². The lowest BCUT2D eigenvalue weighted by Crippen LogP contribution is -2.31. The number of carbonyl (C=O) groups excluding carboxylic acids is 2. The Morgan fingerprint density at radius 2 is 2.00 bits per heavy atom. The average molecular weight is 363 g/mol. The molecule has 1 aliphatic heterocycles. The van der Waals surface area contributed by atoms with E-state index in [4.69, 9.17) is 0 Å². The number of amides is 1. The zero-order chi connectivity index (χ0) is 18.3. The van der Waals surface area contributed by atoms with Crippen LogP contribution in [0.2, 0.25) is 0 Å². The minimum atomic E-state index is -0.944. The fourth-order valence-corrected chi connectivity index (χ4v) is 3.63. The molecule has 2 heterocycles. The normalized spacial score (nSPS) is 17.7.